The first-order chi connectivity index (χ1) is 7.79. The van der Waals surface area contributed by atoms with Crippen LogP contribution in [0.1, 0.15) is 16.7 Å². The molecule has 0 aromatic carbocycles. The second-order valence-electron chi connectivity index (χ2n) is 4.29. The minimum absolute atomic E-state index is 0.545. The van der Waals surface area contributed by atoms with Gasteiger partial charge >= 0.3 is 0 Å². The Balaban J connectivity index is 1.91. The molecule has 1 saturated heterocycles. The quantitative estimate of drug-likeness (QED) is 0.867. The van der Waals surface area contributed by atoms with Gasteiger partial charge in [0.05, 0.1) is 13.2 Å². The van der Waals surface area contributed by atoms with E-state index in [-0.39, 0.29) is 0 Å². The molecule has 4 heteroatoms. The Bertz CT molecular complexity index is 327. The Morgan fingerprint density at radius 1 is 1.50 bits per heavy atom. The zero-order valence-electron chi connectivity index (χ0n) is 10.0. The van der Waals surface area contributed by atoms with Gasteiger partial charge in [0.15, 0.2) is 0 Å². The van der Waals surface area contributed by atoms with Crippen molar-refractivity contribution in [3.63, 3.8) is 0 Å². The summed E-state index contributed by atoms with van der Waals surface area (Å²) in [5, 5.41) is 3.19. The molecule has 1 aliphatic rings. The number of thiophene rings is 1. The van der Waals surface area contributed by atoms with Gasteiger partial charge in [-0.05, 0) is 26.1 Å². The fourth-order valence-electron chi connectivity index (χ4n) is 1.97. The van der Waals surface area contributed by atoms with Crippen molar-refractivity contribution in [1.82, 2.24) is 10.2 Å². The number of ether oxygens (including phenoxy) is 1. The molecule has 1 atom stereocenters. The molecule has 1 unspecified atom stereocenters. The van der Waals surface area contributed by atoms with Gasteiger partial charge in [0.2, 0.25) is 0 Å². The number of hydrogen-bond acceptors (Lipinski definition) is 4. The number of hydrogen-bond donors (Lipinski definition) is 1. The zero-order valence-corrected chi connectivity index (χ0v) is 10.8. The van der Waals surface area contributed by atoms with Crippen LogP contribution < -0.4 is 5.32 Å². The van der Waals surface area contributed by atoms with Crippen LogP contribution >= 0.6 is 11.3 Å². The van der Waals surface area contributed by atoms with Crippen LogP contribution in [0.2, 0.25) is 0 Å². The summed E-state index contributed by atoms with van der Waals surface area (Å²) in [5.41, 5.74) is 0. The average molecular weight is 240 g/mol. The van der Waals surface area contributed by atoms with Gasteiger partial charge in [-0.2, -0.15) is 0 Å². The highest BCUT2D eigenvalue weighted by molar-refractivity contribution is 7.11. The smallest absolute Gasteiger partial charge is 0.0619 e. The summed E-state index contributed by atoms with van der Waals surface area (Å²) in [6.45, 7) is 7.08. The number of rotatable bonds is 4. The zero-order chi connectivity index (χ0) is 11.4. The highest BCUT2D eigenvalue weighted by Crippen LogP contribution is 2.20. The molecule has 0 amide bonds. The molecule has 0 bridgehead atoms. The standard InChI is InChI=1S/C12H20N2OS/c1-10-9-15-6-5-14(10)8-12-4-3-11(16-12)7-13-2/h3-4,10,13H,5-9H2,1-2H3. The highest BCUT2D eigenvalue weighted by atomic mass is 32.1. The number of nitrogens with one attached hydrogen (secondary N) is 1. The molecule has 1 aliphatic heterocycles. The third-order valence-electron chi connectivity index (χ3n) is 2.93. The van der Waals surface area contributed by atoms with Crippen LogP contribution in [0.4, 0.5) is 0 Å². The Labute approximate surface area is 101 Å². The minimum atomic E-state index is 0.545. The maximum absolute atomic E-state index is 5.45. The van der Waals surface area contributed by atoms with E-state index in [2.05, 4.69) is 29.3 Å². The van der Waals surface area contributed by atoms with Crippen molar-refractivity contribution in [2.75, 3.05) is 26.8 Å². The molecule has 3 nitrogen and oxygen atoms in total. The van der Waals surface area contributed by atoms with Crippen LogP contribution in [-0.4, -0.2) is 37.7 Å². The van der Waals surface area contributed by atoms with Crippen molar-refractivity contribution in [3.8, 4) is 0 Å². The molecule has 90 valence electrons. The first kappa shape index (κ1) is 12.0. The summed E-state index contributed by atoms with van der Waals surface area (Å²) in [6, 6.07) is 5.02. The summed E-state index contributed by atoms with van der Waals surface area (Å²) in [6.07, 6.45) is 0. The fraction of sp³-hybridized carbons (Fsp3) is 0.667. The molecule has 1 fully saturated rings. The van der Waals surface area contributed by atoms with Gasteiger partial charge in [-0.1, -0.05) is 0 Å². The van der Waals surface area contributed by atoms with Crippen LogP contribution in [-0.2, 0) is 17.8 Å². The molecular weight excluding hydrogens is 220 g/mol. The van der Waals surface area contributed by atoms with Crippen molar-refractivity contribution in [2.45, 2.75) is 26.1 Å². The molecular formula is C12H20N2OS. The first-order valence-electron chi connectivity index (χ1n) is 5.83. The Morgan fingerprint density at radius 2 is 2.31 bits per heavy atom. The number of nitrogens with zero attached hydrogens (tertiary/aromatic N) is 1. The van der Waals surface area contributed by atoms with Gasteiger partial charge < -0.3 is 10.1 Å². The molecule has 0 aliphatic carbocycles. The maximum Gasteiger partial charge on any atom is 0.0619 e. The monoisotopic (exact) mass is 240 g/mol. The largest absolute Gasteiger partial charge is 0.379 e. The second kappa shape index (κ2) is 5.77. The molecule has 16 heavy (non-hydrogen) atoms. The van der Waals surface area contributed by atoms with Gasteiger partial charge in [-0.3, -0.25) is 4.90 Å². The van der Waals surface area contributed by atoms with Crippen LogP contribution in [0.25, 0.3) is 0 Å². The van der Waals surface area contributed by atoms with E-state index >= 15 is 0 Å². The van der Waals surface area contributed by atoms with E-state index in [1.165, 1.54) is 9.75 Å². The van der Waals surface area contributed by atoms with Gasteiger partial charge in [0.1, 0.15) is 0 Å². The van der Waals surface area contributed by atoms with E-state index in [0.29, 0.717) is 6.04 Å². The van der Waals surface area contributed by atoms with E-state index in [1.807, 2.05) is 18.4 Å². The lowest BCUT2D eigenvalue weighted by atomic mass is 10.2. The molecule has 2 rings (SSSR count). The third-order valence-corrected chi connectivity index (χ3v) is 4.00. The molecule has 1 aromatic rings. The topological polar surface area (TPSA) is 24.5 Å². The molecule has 0 radical (unpaired) electrons. The highest BCUT2D eigenvalue weighted by Gasteiger charge is 2.19. The molecule has 1 aromatic heterocycles. The second-order valence-corrected chi connectivity index (χ2v) is 5.55. The SMILES string of the molecule is CNCc1ccc(CN2CCOCC2C)s1. The maximum atomic E-state index is 5.45. The van der Waals surface area contributed by atoms with Crippen LogP contribution in [0, 0.1) is 0 Å². The van der Waals surface area contributed by atoms with E-state index < -0.39 is 0 Å². The Hall–Kier alpha value is -0.420. The summed E-state index contributed by atoms with van der Waals surface area (Å²) >= 11 is 1.91. The summed E-state index contributed by atoms with van der Waals surface area (Å²) in [4.78, 5) is 5.37. The first-order valence-corrected chi connectivity index (χ1v) is 6.65. The van der Waals surface area contributed by atoms with Crippen LogP contribution in [0.3, 0.4) is 0 Å². The van der Waals surface area contributed by atoms with E-state index in [9.17, 15) is 0 Å². The molecule has 2 heterocycles. The predicted molar refractivity (Wildman–Crippen MR) is 67.8 cm³/mol. The fourth-order valence-corrected chi connectivity index (χ4v) is 3.03. The third kappa shape index (κ3) is 3.04. The number of morpholine rings is 1. The lowest BCUT2D eigenvalue weighted by Gasteiger charge is -2.32. The molecule has 0 spiro atoms. The van der Waals surface area contributed by atoms with Gasteiger partial charge in [-0.15, -0.1) is 11.3 Å². The van der Waals surface area contributed by atoms with E-state index in [4.69, 9.17) is 4.74 Å². The van der Waals surface area contributed by atoms with Crippen molar-refractivity contribution in [2.24, 2.45) is 0 Å². The van der Waals surface area contributed by atoms with Crippen molar-refractivity contribution >= 4 is 11.3 Å². The van der Waals surface area contributed by atoms with Crippen molar-refractivity contribution in [1.29, 1.82) is 0 Å². The normalized spacial score (nSPS) is 22.5. The van der Waals surface area contributed by atoms with Gasteiger partial charge in [0, 0.05) is 35.4 Å². The van der Waals surface area contributed by atoms with Crippen LogP contribution in [0.5, 0.6) is 0 Å². The summed E-state index contributed by atoms with van der Waals surface area (Å²) in [7, 11) is 1.99. The Kier molecular flexibility index (Phi) is 4.35. The van der Waals surface area contributed by atoms with Gasteiger partial charge in [0.25, 0.3) is 0 Å². The lowest BCUT2D eigenvalue weighted by molar-refractivity contribution is -0.00391. The van der Waals surface area contributed by atoms with Crippen molar-refractivity contribution in [3.05, 3.63) is 21.9 Å². The minimum Gasteiger partial charge on any atom is -0.379 e. The lowest BCUT2D eigenvalue weighted by Crippen LogP contribution is -2.42. The molecule has 1 N–H and O–H groups in total. The van der Waals surface area contributed by atoms with Crippen LogP contribution in [0.15, 0.2) is 12.1 Å². The van der Waals surface area contributed by atoms with Gasteiger partial charge in [-0.25, -0.2) is 0 Å². The average Bonchev–Trinajstić information content (AvgIpc) is 2.70. The summed E-state index contributed by atoms with van der Waals surface area (Å²) < 4.78 is 5.45. The van der Waals surface area contributed by atoms with E-state index in [1.54, 1.807) is 0 Å². The summed E-state index contributed by atoms with van der Waals surface area (Å²) in [5.74, 6) is 0. The molecule has 0 saturated carbocycles. The predicted octanol–water partition coefficient (Wildman–Crippen LogP) is 1.69. The van der Waals surface area contributed by atoms with E-state index in [0.717, 1.165) is 32.8 Å². The van der Waals surface area contributed by atoms with Crippen molar-refractivity contribution < 1.29 is 4.74 Å². The Morgan fingerprint density at radius 3 is 3.06 bits per heavy atom.